The molecule has 0 spiro atoms. The van der Waals surface area contributed by atoms with Crippen LogP contribution in [0.5, 0.6) is 0 Å². The number of amides is 2. The zero-order valence-electron chi connectivity index (χ0n) is 7.89. The lowest BCUT2D eigenvalue weighted by atomic mass is 10.4. The lowest BCUT2D eigenvalue weighted by molar-refractivity contribution is -0.126. The van der Waals surface area contributed by atoms with Crippen molar-refractivity contribution in [3.8, 4) is 0 Å². The summed E-state index contributed by atoms with van der Waals surface area (Å²) in [4.78, 5) is 22.0. The summed E-state index contributed by atoms with van der Waals surface area (Å²) in [6.07, 6.45) is 1.81. The van der Waals surface area contributed by atoms with Gasteiger partial charge in [0.05, 0.1) is 0 Å². The lowest BCUT2D eigenvalue weighted by Gasteiger charge is -2.03. The molecule has 12 heavy (non-hydrogen) atoms. The van der Waals surface area contributed by atoms with Gasteiger partial charge in [-0.05, 0) is 6.42 Å². The zero-order valence-corrected chi connectivity index (χ0v) is 7.89. The lowest BCUT2D eigenvalue weighted by Crippen LogP contribution is -2.17. The number of carbonyl (C=O) groups is 2. The fourth-order valence-corrected chi connectivity index (χ4v) is 0.783. The first kappa shape index (κ1) is 10.9. The summed E-state index contributed by atoms with van der Waals surface area (Å²) in [5.74, 6) is 0.296. The molecule has 0 saturated carbocycles. The predicted octanol–water partition coefficient (Wildman–Crippen LogP) is -0.00910. The van der Waals surface area contributed by atoms with E-state index in [2.05, 4.69) is 5.32 Å². The molecule has 4 heteroatoms. The van der Waals surface area contributed by atoms with E-state index in [4.69, 9.17) is 0 Å². The Bertz CT molecular complexity index is 168. The minimum atomic E-state index is 0.00463. The number of nitrogens with zero attached hydrogens (tertiary/aromatic N) is 1. The summed E-state index contributed by atoms with van der Waals surface area (Å²) in [7, 11) is 3.44. The maximum absolute atomic E-state index is 10.5. The number of hydrogen-bond donors (Lipinski definition) is 1. The van der Waals surface area contributed by atoms with Crippen LogP contribution in [0.2, 0.25) is 0 Å². The summed E-state index contributed by atoms with van der Waals surface area (Å²) in [5.41, 5.74) is 0. The van der Waals surface area contributed by atoms with Gasteiger partial charge in [0.1, 0.15) is 0 Å². The van der Waals surface area contributed by atoms with E-state index in [-0.39, 0.29) is 5.91 Å². The molecule has 0 atom stereocenters. The molecule has 0 aromatic carbocycles. The Morgan fingerprint density at radius 1 is 1.58 bits per heavy atom. The second-order valence-corrected chi connectivity index (χ2v) is 2.73. The van der Waals surface area contributed by atoms with Gasteiger partial charge in [-0.2, -0.15) is 0 Å². The first-order valence-corrected chi connectivity index (χ1v) is 4.00. The molecule has 4 nitrogen and oxygen atoms in total. The maximum atomic E-state index is 10.5. The third-order valence-corrected chi connectivity index (χ3v) is 1.66. The van der Waals surface area contributed by atoms with Crippen molar-refractivity contribution in [1.82, 2.24) is 10.2 Å². The molecule has 0 aliphatic carbocycles. The van der Waals surface area contributed by atoms with Gasteiger partial charge >= 0.3 is 0 Å². The number of hydrogen-bond acceptors (Lipinski definition) is 2. The average molecular weight is 172 g/mol. The van der Waals surface area contributed by atoms with Crippen molar-refractivity contribution in [1.29, 1.82) is 0 Å². The van der Waals surface area contributed by atoms with Crippen LogP contribution in [0.3, 0.4) is 0 Å². The summed E-state index contributed by atoms with van der Waals surface area (Å²) in [6.45, 7) is 2.43. The van der Waals surface area contributed by atoms with Crippen molar-refractivity contribution in [2.75, 3.05) is 20.6 Å². The highest BCUT2D eigenvalue weighted by atomic mass is 16.2. The molecule has 0 aromatic rings. The largest absolute Gasteiger partial charge is 0.359 e. The Kier molecular flexibility index (Phi) is 5.08. The summed E-state index contributed by atoms with van der Waals surface area (Å²) >= 11 is 0. The van der Waals surface area contributed by atoms with E-state index >= 15 is 0 Å². The van der Waals surface area contributed by atoms with E-state index in [1.807, 2.05) is 7.05 Å². The first-order valence-electron chi connectivity index (χ1n) is 4.00. The second kappa shape index (κ2) is 5.57. The van der Waals surface area contributed by atoms with Crippen LogP contribution in [0.15, 0.2) is 0 Å². The number of rotatable bonds is 0. The maximum Gasteiger partial charge on any atom is 0.222 e. The van der Waals surface area contributed by atoms with E-state index < -0.39 is 0 Å². The Morgan fingerprint density at radius 2 is 2.08 bits per heavy atom. The molecule has 1 fully saturated rings. The van der Waals surface area contributed by atoms with E-state index in [0.29, 0.717) is 5.91 Å². The molecule has 0 aromatic heterocycles. The van der Waals surface area contributed by atoms with Gasteiger partial charge in [-0.25, -0.2) is 0 Å². The summed E-state index contributed by atoms with van der Waals surface area (Å²) < 4.78 is 0. The van der Waals surface area contributed by atoms with Crippen LogP contribution in [0.25, 0.3) is 0 Å². The fraction of sp³-hybridized carbons (Fsp3) is 0.750. The van der Waals surface area contributed by atoms with Crippen molar-refractivity contribution in [3.63, 3.8) is 0 Å². The molecular weight excluding hydrogens is 156 g/mol. The third kappa shape index (κ3) is 4.71. The van der Waals surface area contributed by atoms with E-state index in [1.54, 1.807) is 11.9 Å². The van der Waals surface area contributed by atoms with Crippen LogP contribution >= 0.6 is 0 Å². The molecule has 1 saturated heterocycles. The van der Waals surface area contributed by atoms with Gasteiger partial charge in [-0.15, -0.1) is 0 Å². The molecule has 0 radical (unpaired) electrons. The van der Waals surface area contributed by atoms with Crippen LogP contribution in [-0.2, 0) is 9.59 Å². The highest BCUT2D eigenvalue weighted by Gasteiger charge is 2.14. The average Bonchev–Trinajstić information content (AvgIpc) is 2.37. The monoisotopic (exact) mass is 172 g/mol. The molecular formula is C8H16N2O2. The van der Waals surface area contributed by atoms with Crippen LogP contribution in [-0.4, -0.2) is 37.4 Å². The van der Waals surface area contributed by atoms with E-state index in [9.17, 15) is 9.59 Å². The fourth-order valence-electron chi connectivity index (χ4n) is 0.783. The van der Waals surface area contributed by atoms with Gasteiger partial charge in [0.15, 0.2) is 0 Å². The van der Waals surface area contributed by atoms with Crippen molar-refractivity contribution >= 4 is 11.8 Å². The molecule has 0 unspecified atom stereocenters. The highest BCUT2D eigenvalue weighted by molar-refractivity contribution is 5.77. The van der Waals surface area contributed by atoms with Crippen LogP contribution in [0, 0.1) is 0 Å². The SMILES string of the molecule is CN1CCCC1=O.CNC(C)=O. The normalized spacial score (nSPS) is 15.2. The minimum Gasteiger partial charge on any atom is -0.359 e. The highest BCUT2D eigenvalue weighted by Crippen LogP contribution is 2.04. The number of carbonyl (C=O) groups excluding carboxylic acids is 2. The first-order chi connectivity index (χ1) is 5.57. The van der Waals surface area contributed by atoms with Gasteiger partial charge in [0.25, 0.3) is 0 Å². The van der Waals surface area contributed by atoms with Crippen LogP contribution < -0.4 is 5.32 Å². The quantitative estimate of drug-likeness (QED) is 0.558. The molecule has 2 amide bonds. The Labute approximate surface area is 72.9 Å². The smallest absolute Gasteiger partial charge is 0.222 e. The molecule has 0 bridgehead atoms. The zero-order chi connectivity index (χ0) is 9.56. The second-order valence-electron chi connectivity index (χ2n) is 2.73. The van der Waals surface area contributed by atoms with Gasteiger partial charge in [0.2, 0.25) is 11.8 Å². The Hall–Kier alpha value is -1.06. The van der Waals surface area contributed by atoms with E-state index in [0.717, 1.165) is 19.4 Å². The number of nitrogens with one attached hydrogen (secondary N) is 1. The summed E-state index contributed by atoms with van der Waals surface area (Å²) in [5, 5.41) is 2.39. The van der Waals surface area contributed by atoms with Gasteiger partial charge in [-0.3, -0.25) is 9.59 Å². The minimum absolute atomic E-state index is 0.00463. The Balaban J connectivity index is 0.000000217. The summed E-state index contributed by atoms with van der Waals surface area (Å²) in [6, 6.07) is 0. The van der Waals surface area contributed by atoms with Gasteiger partial charge in [-0.1, -0.05) is 0 Å². The predicted molar refractivity (Wildman–Crippen MR) is 46.6 cm³/mol. The van der Waals surface area contributed by atoms with Gasteiger partial charge in [0, 0.05) is 34.0 Å². The molecule has 1 N–H and O–H groups in total. The molecule has 1 heterocycles. The van der Waals surface area contributed by atoms with Crippen molar-refractivity contribution < 1.29 is 9.59 Å². The standard InChI is InChI=1S/C5H9NO.C3H7NO/c1-6-4-2-3-5(6)7;1-3(5)4-2/h2-4H2,1H3;1-2H3,(H,4,5). The molecule has 1 rings (SSSR count). The van der Waals surface area contributed by atoms with Crippen LogP contribution in [0.1, 0.15) is 19.8 Å². The van der Waals surface area contributed by atoms with Gasteiger partial charge < -0.3 is 10.2 Å². The molecule has 1 aliphatic heterocycles. The van der Waals surface area contributed by atoms with Crippen molar-refractivity contribution in [3.05, 3.63) is 0 Å². The third-order valence-electron chi connectivity index (χ3n) is 1.66. The van der Waals surface area contributed by atoms with Crippen molar-refractivity contribution in [2.45, 2.75) is 19.8 Å². The van der Waals surface area contributed by atoms with Crippen molar-refractivity contribution in [2.24, 2.45) is 0 Å². The molecule has 70 valence electrons. The Morgan fingerprint density at radius 3 is 2.17 bits per heavy atom. The topological polar surface area (TPSA) is 49.4 Å². The number of likely N-dealkylation sites (tertiary alicyclic amines) is 1. The van der Waals surface area contributed by atoms with Crippen LogP contribution in [0.4, 0.5) is 0 Å². The van der Waals surface area contributed by atoms with E-state index in [1.165, 1.54) is 6.92 Å². The molecule has 1 aliphatic rings.